The van der Waals surface area contributed by atoms with E-state index < -0.39 is 23.6 Å². The molecule has 6 heteroatoms. The third kappa shape index (κ3) is 6.21. The molecule has 4 nitrogen and oxygen atoms in total. The topological polar surface area (TPSA) is 80.3 Å². The van der Waals surface area contributed by atoms with Gasteiger partial charge < -0.3 is 19.8 Å². The Morgan fingerprint density at radius 1 is 1.40 bits per heavy atom. The third-order valence-corrected chi connectivity index (χ3v) is 1.03. The summed E-state index contributed by atoms with van der Waals surface area (Å²) >= 11 is 3.38. The molecule has 0 aromatic heterocycles. The molecule has 0 N–H and O–H groups in total. The zero-order chi connectivity index (χ0) is 7.44. The van der Waals surface area contributed by atoms with Crippen LogP contribution < -0.4 is 10.2 Å². The van der Waals surface area contributed by atoms with Crippen LogP contribution in [0.15, 0.2) is 0 Å². The molecule has 2 radical (unpaired) electrons. The van der Waals surface area contributed by atoms with Crippen LogP contribution in [0.25, 0.3) is 0 Å². The van der Waals surface area contributed by atoms with Crippen molar-refractivity contribution in [2.24, 2.45) is 0 Å². The molecule has 0 aromatic rings. The van der Waals surface area contributed by atoms with Crippen molar-refractivity contribution < 1.29 is 19.8 Å². The number of carboxylic acids is 2. The number of carbonyl (C=O) groups is 2. The molecule has 0 amide bonds. The van der Waals surface area contributed by atoms with E-state index in [2.05, 4.69) is 12.6 Å². The van der Waals surface area contributed by atoms with Gasteiger partial charge in [-0.25, -0.2) is 0 Å². The van der Waals surface area contributed by atoms with Gasteiger partial charge in [0.2, 0.25) is 0 Å². The summed E-state index contributed by atoms with van der Waals surface area (Å²) in [5.41, 5.74) is 0. The van der Waals surface area contributed by atoms with Crippen molar-refractivity contribution in [1.29, 1.82) is 0 Å². The Morgan fingerprint density at radius 2 is 1.80 bits per heavy atom. The molecule has 0 bridgehead atoms. The van der Waals surface area contributed by atoms with E-state index in [4.69, 9.17) is 0 Å². The van der Waals surface area contributed by atoms with Gasteiger partial charge in [0, 0.05) is 17.6 Å². The Hall–Kier alpha value is 0.0887. The predicted molar refractivity (Wildman–Crippen MR) is 33.2 cm³/mol. The standard InChI is InChI=1S/C4H6O4S.Sn/c5-3(6)1-2(9)4(7)8;/h2,9H,1H2,(H,5,6)(H,7,8);/q;+2/p-2. The van der Waals surface area contributed by atoms with Crippen molar-refractivity contribution in [1.82, 2.24) is 0 Å². The van der Waals surface area contributed by atoms with Crippen LogP contribution in [0, 0.1) is 0 Å². The van der Waals surface area contributed by atoms with E-state index >= 15 is 0 Å². The van der Waals surface area contributed by atoms with Crippen molar-refractivity contribution in [3.05, 3.63) is 0 Å². The molecule has 0 aromatic carbocycles. The first kappa shape index (κ1) is 12.7. The normalized spacial score (nSPS) is 11.3. The van der Waals surface area contributed by atoms with E-state index in [1.165, 1.54) is 0 Å². The second kappa shape index (κ2) is 5.84. The maximum atomic E-state index is 9.76. The summed E-state index contributed by atoms with van der Waals surface area (Å²) in [6.45, 7) is 0. The van der Waals surface area contributed by atoms with Gasteiger partial charge in [0.15, 0.2) is 0 Å². The molecule has 1 unspecified atom stereocenters. The van der Waals surface area contributed by atoms with Gasteiger partial charge in [-0.1, -0.05) is 0 Å². The first-order chi connectivity index (χ1) is 4.04. The van der Waals surface area contributed by atoms with Gasteiger partial charge in [-0.3, -0.25) is 0 Å². The SMILES string of the molecule is O=C([O-])CC(S)C(=O)[O-].[Sn+2]. The predicted octanol–water partition coefficient (Wildman–Crippen LogP) is -3.21. The summed E-state index contributed by atoms with van der Waals surface area (Å²) in [5.74, 6) is -2.94. The van der Waals surface area contributed by atoms with Crippen LogP contribution in [0.3, 0.4) is 0 Å². The average molecular weight is 267 g/mol. The molecular formula is C4H4O4SSn. The second-order valence-corrected chi connectivity index (χ2v) is 2.03. The Bertz CT molecular complexity index is 137. The fourth-order valence-electron chi connectivity index (χ4n) is 0.241. The van der Waals surface area contributed by atoms with Gasteiger partial charge in [0.05, 0.1) is 5.97 Å². The van der Waals surface area contributed by atoms with Crippen LogP contribution in [-0.2, 0) is 9.59 Å². The zero-order valence-electron chi connectivity index (χ0n) is 4.86. The molecular weight excluding hydrogens is 263 g/mol. The minimum absolute atomic E-state index is 0. The van der Waals surface area contributed by atoms with Gasteiger partial charge in [0.25, 0.3) is 0 Å². The molecule has 0 aliphatic carbocycles. The number of hydrogen-bond acceptors (Lipinski definition) is 5. The van der Waals surface area contributed by atoms with E-state index in [0.717, 1.165) is 0 Å². The largest absolute Gasteiger partial charge is 2.00 e. The summed E-state index contributed by atoms with van der Waals surface area (Å²) < 4.78 is 0. The Balaban J connectivity index is 0. The molecule has 0 fully saturated rings. The van der Waals surface area contributed by atoms with Gasteiger partial charge >= 0.3 is 23.9 Å². The third-order valence-electron chi connectivity index (χ3n) is 0.632. The van der Waals surface area contributed by atoms with E-state index in [-0.39, 0.29) is 23.9 Å². The van der Waals surface area contributed by atoms with Crippen molar-refractivity contribution in [2.75, 3.05) is 0 Å². The first-order valence-electron chi connectivity index (χ1n) is 2.13. The summed E-state index contributed by atoms with van der Waals surface area (Å²) in [7, 11) is 0. The summed E-state index contributed by atoms with van der Waals surface area (Å²) in [4.78, 5) is 19.4. The van der Waals surface area contributed by atoms with Gasteiger partial charge in [0.1, 0.15) is 0 Å². The van der Waals surface area contributed by atoms with E-state index in [1.54, 1.807) is 0 Å². The number of carbonyl (C=O) groups excluding carboxylic acids is 2. The van der Waals surface area contributed by atoms with Crippen LogP contribution >= 0.6 is 12.6 Å². The number of hydrogen-bond donors (Lipinski definition) is 1. The van der Waals surface area contributed by atoms with Crippen LogP contribution in [0.4, 0.5) is 0 Å². The summed E-state index contributed by atoms with van der Waals surface area (Å²) in [5, 5.41) is 18.2. The molecule has 1 atom stereocenters. The smallest absolute Gasteiger partial charge is 0.550 e. The number of carboxylic acid groups (broad SMARTS) is 2. The molecule has 0 aliphatic heterocycles. The maximum absolute atomic E-state index is 9.76. The Labute approximate surface area is 80.0 Å². The number of aliphatic carboxylic acids is 2. The monoisotopic (exact) mass is 268 g/mol. The molecule has 0 heterocycles. The number of rotatable bonds is 3. The van der Waals surface area contributed by atoms with Crippen LogP contribution in [0.5, 0.6) is 0 Å². The Morgan fingerprint density at radius 3 is 1.90 bits per heavy atom. The average Bonchev–Trinajstić information content (AvgIpc) is 1.63. The van der Waals surface area contributed by atoms with Crippen molar-refractivity contribution >= 4 is 48.5 Å². The van der Waals surface area contributed by atoms with Crippen LogP contribution in [-0.4, -0.2) is 41.1 Å². The molecule has 0 aliphatic rings. The maximum Gasteiger partial charge on any atom is 2.00 e. The Kier molecular flexibility index (Phi) is 7.44. The fraction of sp³-hybridized carbons (Fsp3) is 0.500. The summed E-state index contributed by atoms with van der Waals surface area (Å²) in [6.07, 6.45) is -0.620. The van der Waals surface area contributed by atoms with Crippen molar-refractivity contribution in [3.63, 3.8) is 0 Å². The summed E-state index contributed by atoms with van der Waals surface area (Å²) in [6, 6.07) is 0. The van der Waals surface area contributed by atoms with E-state index in [9.17, 15) is 19.8 Å². The molecule has 10 heavy (non-hydrogen) atoms. The molecule has 0 saturated heterocycles. The van der Waals surface area contributed by atoms with Crippen molar-refractivity contribution in [3.8, 4) is 0 Å². The van der Waals surface area contributed by atoms with Crippen LogP contribution in [0.2, 0.25) is 0 Å². The van der Waals surface area contributed by atoms with Crippen molar-refractivity contribution in [2.45, 2.75) is 11.7 Å². The molecule has 0 rings (SSSR count). The second-order valence-electron chi connectivity index (χ2n) is 1.41. The van der Waals surface area contributed by atoms with E-state index in [0.29, 0.717) is 0 Å². The molecule has 54 valence electrons. The van der Waals surface area contributed by atoms with Gasteiger partial charge in [-0.2, -0.15) is 12.6 Å². The van der Waals surface area contributed by atoms with E-state index in [1.807, 2.05) is 0 Å². The zero-order valence-corrected chi connectivity index (χ0v) is 8.61. The quantitative estimate of drug-likeness (QED) is 0.431. The number of thiol groups is 1. The van der Waals surface area contributed by atoms with Gasteiger partial charge in [-0.15, -0.1) is 0 Å². The molecule has 0 saturated carbocycles. The first-order valence-corrected chi connectivity index (χ1v) is 2.64. The van der Waals surface area contributed by atoms with Gasteiger partial charge in [-0.05, 0) is 0 Å². The van der Waals surface area contributed by atoms with Crippen LogP contribution in [0.1, 0.15) is 6.42 Å². The fourth-order valence-corrected chi connectivity index (χ4v) is 0.390. The minimum Gasteiger partial charge on any atom is -0.550 e. The molecule has 0 spiro atoms. The minimum atomic E-state index is -1.50.